The van der Waals surface area contributed by atoms with Gasteiger partial charge in [-0.2, -0.15) is 0 Å². The van der Waals surface area contributed by atoms with E-state index in [-0.39, 0.29) is 0 Å². The predicted molar refractivity (Wildman–Crippen MR) is 74.7 cm³/mol. The van der Waals surface area contributed by atoms with Crippen LogP contribution >= 0.6 is 11.6 Å². The van der Waals surface area contributed by atoms with E-state index in [9.17, 15) is 0 Å². The van der Waals surface area contributed by atoms with E-state index < -0.39 is 0 Å². The first-order valence-corrected chi connectivity index (χ1v) is 6.92. The Balaban J connectivity index is 2.04. The summed E-state index contributed by atoms with van der Waals surface area (Å²) in [5.74, 6) is 0. The molecule has 17 heavy (non-hydrogen) atoms. The highest BCUT2D eigenvalue weighted by Crippen LogP contribution is 2.22. The molecule has 0 amide bonds. The molecule has 0 spiro atoms. The monoisotopic (exact) mass is 253 g/mol. The fourth-order valence-electron chi connectivity index (χ4n) is 2.68. The third-order valence-electron chi connectivity index (χ3n) is 4.20. The number of rotatable bonds is 3. The summed E-state index contributed by atoms with van der Waals surface area (Å²) in [4.78, 5) is 2.45. The van der Waals surface area contributed by atoms with Crippen LogP contribution in [0.1, 0.15) is 13.8 Å². The molecule has 1 aliphatic rings. The van der Waals surface area contributed by atoms with Crippen molar-refractivity contribution in [1.29, 1.82) is 0 Å². The van der Waals surface area contributed by atoms with Crippen molar-refractivity contribution in [3.8, 4) is 0 Å². The van der Waals surface area contributed by atoms with E-state index in [0.717, 1.165) is 18.1 Å². The number of benzene rings is 1. The summed E-state index contributed by atoms with van der Waals surface area (Å²) in [5.41, 5.74) is 1.27. The largest absolute Gasteiger partial charge is 0.360 e. The molecule has 2 rings (SSSR count). The second-order valence-electron chi connectivity index (χ2n) is 4.89. The molecule has 0 aliphatic carbocycles. The SMILES string of the molecule is CC[N+]1(CC)CCN(c2cccc(Cl)c2)CC1. The van der Waals surface area contributed by atoms with Gasteiger partial charge in [-0.15, -0.1) is 0 Å². The van der Waals surface area contributed by atoms with E-state index >= 15 is 0 Å². The summed E-state index contributed by atoms with van der Waals surface area (Å²) < 4.78 is 1.26. The Bertz CT molecular complexity index is 364. The molecule has 1 aliphatic heterocycles. The van der Waals surface area contributed by atoms with Gasteiger partial charge in [-0.1, -0.05) is 17.7 Å². The van der Waals surface area contributed by atoms with E-state index in [1.54, 1.807) is 0 Å². The first-order valence-electron chi connectivity index (χ1n) is 6.55. The van der Waals surface area contributed by atoms with Crippen molar-refractivity contribution in [3.05, 3.63) is 29.3 Å². The van der Waals surface area contributed by atoms with Crippen molar-refractivity contribution in [3.63, 3.8) is 0 Å². The number of hydrogen-bond donors (Lipinski definition) is 0. The maximum atomic E-state index is 6.04. The minimum absolute atomic E-state index is 0.833. The van der Waals surface area contributed by atoms with Crippen LogP contribution < -0.4 is 4.90 Å². The maximum Gasteiger partial charge on any atom is 0.0965 e. The molecule has 1 aromatic rings. The van der Waals surface area contributed by atoms with Crippen molar-refractivity contribution in [2.75, 3.05) is 44.2 Å². The van der Waals surface area contributed by atoms with Crippen LogP contribution in [0.2, 0.25) is 5.02 Å². The molecule has 0 bridgehead atoms. The first kappa shape index (κ1) is 12.7. The minimum atomic E-state index is 0.833. The van der Waals surface area contributed by atoms with Gasteiger partial charge in [-0.25, -0.2) is 0 Å². The van der Waals surface area contributed by atoms with Gasteiger partial charge >= 0.3 is 0 Å². The zero-order valence-corrected chi connectivity index (χ0v) is 11.6. The Morgan fingerprint density at radius 2 is 1.82 bits per heavy atom. The number of piperazine rings is 1. The Morgan fingerprint density at radius 3 is 2.35 bits per heavy atom. The molecule has 2 nitrogen and oxygen atoms in total. The standard InChI is InChI=1S/C14H22ClN2/c1-3-17(4-2)10-8-16(9-11-17)14-7-5-6-13(15)12-14/h5-7,12H,3-4,8-11H2,1-2H3/q+1. The van der Waals surface area contributed by atoms with Crippen molar-refractivity contribution >= 4 is 17.3 Å². The van der Waals surface area contributed by atoms with Gasteiger partial charge in [0.15, 0.2) is 0 Å². The van der Waals surface area contributed by atoms with Crippen molar-refractivity contribution in [2.24, 2.45) is 0 Å². The molecular weight excluding hydrogens is 232 g/mol. The maximum absolute atomic E-state index is 6.04. The number of nitrogens with zero attached hydrogens (tertiary/aromatic N) is 2. The van der Waals surface area contributed by atoms with E-state index in [1.165, 1.54) is 36.3 Å². The van der Waals surface area contributed by atoms with E-state index in [2.05, 4.69) is 30.9 Å². The molecule has 0 saturated carbocycles. The van der Waals surface area contributed by atoms with Gasteiger partial charge < -0.3 is 9.38 Å². The molecule has 0 unspecified atom stereocenters. The summed E-state index contributed by atoms with van der Waals surface area (Å²) in [6.45, 7) is 11.9. The van der Waals surface area contributed by atoms with Gasteiger partial charge in [-0.05, 0) is 32.0 Å². The molecule has 0 N–H and O–H groups in total. The number of anilines is 1. The quantitative estimate of drug-likeness (QED) is 0.749. The van der Waals surface area contributed by atoms with Crippen LogP contribution in [0.4, 0.5) is 5.69 Å². The van der Waals surface area contributed by atoms with E-state index in [4.69, 9.17) is 11.6 Å². The molecule has 1 heterocycles. The summed E-state index contributed by atoms with van der Waals surface area (Å²) in [6, 6.07) is 8.20. The van der Waals surface area contributed by atoms with Crippen LogP contribution in [0.5, 0.6) is 0 Å². The Kier molecular flexibility index (Phi) is 3.95. The number of halogens is 1. The highest BCUT2D eigenvalue weighted by molar-refractivity contribution is 6.30. The second-order valence-corrected chi connectivity index (χ2v) is 5.32. The Morgan fingerprint density at radius 1 is 1.18 bits per heavy atom. The average Bonchev–Trinajstić information content (AvgIpc) is 2.39. The Labute approximate surface area is 109 Å². The van der Waals surface area contributed by atoms with Crippen LogP contribution in [0.3, 0.4) is 0 Å². The third kappa shape index (κ3) is 2.75. The van der Waals surface area contributed by atoms with E-state index in [0.29, 0.717) is 0 Å². The summed E-state index contributed by atoms with van der Waals surface area (Å²) >= 11 is 6.04. The van der Waals surface area contributed by atoms with Crippen LogP contribution in [0.25, 0.3) is 0 Å². The van der Waals surface area contributed by atoms with Gasteiger partial charge in [0.05, 0.1) is 39.3 Å². The van der Waals surface area contributed by atoms with Crippen molar-refractivity contribution < 1.29 is 4.48 Å². The van der Waals surface area contributed by atoms with Crippen LogP contribution in [-0.4, -0.2) is 43.8 Å². The van der Waals surface area contributed by atoms with Gasteiger partial charge in [0.25, 0.3) is 0 Å². The molecule has 0 aromatic heterocycles. The second kappa shape index (κ2) is 5.28. The number of quaternary nitrogens is 1. The molecule has 94 valence electrons. The molecule has 1 fully saturated rings. The smallest absolute Gasteiger partial charge is 0.0965 e. The highest BCUT2D eigenvalue weighted by atomic mass is 35.5. The number of hydrogen-bond acceptors (Lipinski definition) is 1. The predicted octanol–water partition coefficient (Wildman–Crippen LogP) is 3.02. The zero-order valence-electron chi connectivity index (χ0n) is 10.8. The zero-order chi connectivity index (χ0) is 12.3. The molecule has 1 saturated heterocycles. The number of likely N-dealkylation sites (N-methyl/N-ethyl adjacent to an activating group) is 1. The topological polar surface area (TPSA) is 3.24 Å². The third-order valence-corrected chi connectivity index (χ3v) is 4.44. The van der Waals surface area contributed by atoms with Crippen LogP contribution in [0.15, 0.2) is 24.3 Å². The fraction of sp³-hybridized carbons (Fsp3) is 0.571. The van der Waals surface area contributed by atoms with Crippen LogP contribution in [-0.2, 0) is 0 Å². The molecule has 1 aromatic carbocycles. The highest BCUT2D eigenvalue weighted by Gasteiger charge is 2.29. The lowest BCUT2D eigenvalue weighted by Crippen LogP contribution is -2.59. The van der Waals surface area contributed by atoms with Gasteiger partial charge in [0.2, 0.25) is 0 Å². The molecular formula is C14H22ClN2+. The van der Waals surface area contributed by atoms with Gasteiger partial charge in [0, 0.05) is 10.7 Å². The lowest BCUT2D eigenvalue weighted by molar-refractivity contribution is -0.925. The summed E-state index contributed by atoms with van der Waals surface area (Å²) in [7, 11) is 0. The van der Waals surface area contributed by atoms with Crippen molar-refractivity contribution in [2.45, 2.75) is 13.8 Å². The Hall–Kier alpha value is -0.730. The minimum Gasteiger partial charge on any atom is -0.360 e. The fourth-order valence-corrected chi connectivity index (χ4v) is 2.86. The molecule has 3 heteroatoms. The molecule has 0 atom stereocenters. The van der Waals surface area contributed by atoms with E-state index in [1.807, 2.05) is 12.1 Å². The summed E-state index contributed by atoms with van der Waals surface area (Å²) in [5, 5.41) is 0.833. The summed E-state index contributed by atoms with van der Waals surface area (Å²) in [6.07, 6.45) is 0. The van der Waals surface area contributed by atoms with Crippen molar-refractivity contribution in [1.82, 2.24) is 0 Å². The lowest BCUT2D eigenvalue weighted by Gasteiger charge is -2.44. The van der Waals surface area contributed by atoms with Crippen LogP contribution in [0, 0.1) is 0 Å². The normalized spacial score (nSPS) is 19.4. The van der Waals surface area contributed by atoms with Gasteiger partial charge in [0.1, 0.15) is 0 Å². The van der Waals surface area contributed by atoms with Gasteiger partial charge in [-0.3, -0.25) is 0 Å². The first-order chi connectivity index (χ1) is 8.19. The average molecular weight is 254 g/mol. The lowest BCUT2D eigenvalue weighted by atomic mass is 10.2. The molecule has 0 radical (unpaired) electrons.